The van der Waals surface area contributed by atoms with Crippen LogP contribution < -0.4 is 5.32 Å². The molecule has 0 heterocycles. The molecule has 0 saturated carbocycles. The van der Waals surface area contributed by atoms with Crippen LogP contribution in [0.2, 0.25) is 0 Å². The van der Waals surface area contributed by atoms with Gasteiger partial charge in [0.25, 0.3) is 0 Å². The maximum absolute atomic E-state index is 10.3. The highest BCUT2D eigenvalue weighted by Gasteiger charge is 2.16. The van der Waals surface area contributed by atoms with Gasteiger partial charge in [0.1, 0.15) is 12.3 Å². The second-order valence-electron chi connectivity index (χ2n) is 1.92. The highest BCUT2D eigenvalue weighted by atomic mass is 32.1. The molecule has 2 atom stereocenters. The van der Waals surface area contributed by atoms with Crippen molar-refractivity contribution in [3.63, 3.8) is 0 Å². The van der Waals surface area contributed by atoms with E-state index in [0.717, 1.165) is 0 Å². The third-order valence-electron chi connectivity index (χ3n) is 1.08. The molecule has 0 radical (unpaired) electrons. The Balaban J connectivity index is 3.87. The molecular formula is C6H11NO3S. The number of aliphatic carboxylic acids is 1. The van der Waals surface area contributed by atoms with Crippen molar-refractivity contribution in [1.29, 1.82) is 0 Å². The Morgan fingerprint density at radius 3 is 2.64 bits per heavy atom. The van der Waals surface area contributed by atoms with E-state index in [1.165, 1.54) is 6.08 Å². The molecule has 0 fully saturated rings. The number of aliphatic hydroxyl groups excluding tert-OH is 1. The zero-order chi connectivity index (χ0) is 8.85. The van der Waals surface area contributed by atoms with Crippen LogP contribution in [0.4, 0.5) is 0 Å². The fourth-order valence-corrected chi connectivity index (χ4v) is 0.738. The van der Waals surface area contributed by atoms with Gasteiger partial charge in [-0.25, -0.2) is 0 Å². The van der Waals surface area contributed by atoms with Crippen molar-refractivity contribution < 1.29 is 15.0 Å². The third kappa shape index (κ3) is 4.02. The van der Waals surface area contributed by atoms with Crippen LogP contribution in [-0.2, 0) is 4.79 Å². The minimum absolute atomic E-state index is 0.125. The maximum Gasteiger partial charge on any atom is 0.321 e. The molecular weight excluding hydrogens is 166 g/mol. The molecule has 0 aliphatic carbocycles. The van der Waals surface area contributed by atoms with Crippen molar-refractivity contribution >= 4 is 18.6 Å². The van der Waals surface area contributed by atoms with Crippen LogP contribution in [0.3, 0.4) is 0 Å². The van der Waals surface area contributed by atoms with Crippen LogP contribution in [0.15, 0.2) is 12.7 Å². The van der Waals surface area contributed by atoms with Gasteiger partial charge in [0.05, 0.1) is 0 Å². The maximum atomic E-state index is 10.3. The summed E-state index contributed by atoms with van der Waals surface area (Å²) in [5.74, 6) is -0.916. The monoisotopic (exact) mass is 177 g/mol. The Morgan fingerprint density at radius 2 is 2.36 bits per heavy atom. The fraction of sp³-hybridized carbons (Fsp3) is 0.500. The van der Waals surface area contributed by atoms with Crippen molar-refractivity contribution in [3.8, 4) is 0 Å². The molecule has 0 rings (SSSR count). The molecule has 11 heavy (non-hydrogen) atoms. The van der Waals surface area contributed by atoms with Crippen molar-refractivity contribution in [3.05, 3.63) is 12.7 Å². The summed E-state index contributed by atoms with van der Waals surface area (Å²) in [4.78, 5) is 10.3. The summed E-state index contributed by atoms with van der Waals surface area (Å²) in [6.45, 7) is 3.28. The highest BCUT2D eigenvalue weighted by molar-refractivity contribution is 7.80. The van der Waals surface area contributed by atoms with Gasteiger partial charge in [-0.05, 0) is 6.08 Å². The molecule has 2 unspecified atom stereocenters. The van der Waals surface area contributed by atoms with Gasteiger partial charge in [-0.15, -0.1) is 0 Å². The molecule has 0 bridgehead atoms. The van der Waals surface area contributed by atoms with E-state index in [0.29, 0.717) is 0 Å². The number of carboxylic acid groups (broad SMARTS) is 1. The van der Waals surface area contributed by atoms with Crippen LogP contribution in [0.25, 0.3) is 0 Å². The van der Waals surface area contributed by atoms with E-state index in [1.54, 1.807) is 0 Å². The summed E-state index contributed by atoms with van der Waals surface area (Å²) in [7, 11) is 0. The first-order valence-corrected chi connectivity index (χ1v) is 3.65. The summed E-state index contributed by atoms with van der Waals surface area (Å²) in [6, 6.07) is -0.841. The minimum Gasteiger partial charge on any atom is -0.480 e. The second-order valence-corrected chi connectivity index (χ2v) is 2.29. The topological polar surface area (TPSA) is 69.6 Å². The first kappa shape index (κ1) is 10.5. The first-order chi connectivity index (χ1) is 5.11. The number of rotatable bonds is 5. The van der Waals surface area contributed by atoms with Gasteiger partial charge in [-0.2, -0.15) is 12.6 Å². The molecule has 0 amide bonds. The van der Waals surface area contributed by atoms with Crippen LogP contribution in [0.1, 0.15) is 0 Å². The van der Waals surface area contributed by atoms with Crippen LogP contribution in [-0.4, -0.2) is 34.2 Å². The third-order valence-corrected chi connectivity index (χ3v) is 1.44. The van der Waals surface area contributed by atoms with Gasteiger partial charge in [0.2, 0.25) is 0 Å². The zero-order valence-corrected chi connectivity index (χ0v) is 6.79. The van der Waals surface area contributed by atoms with Crippen molar-refractivity contribution in [2.24, 2.45) is 0 Å². The smallest absolute Gasteiger partial charge is 0.321 e. The molecule has 0 saturated heterocycles. The lowest BCUT2D eigenvalue weighted by molar-refractivity contribution is -0.139. The highest BCUT2D eigenvalue weighted by Crippen LogP contribution is 1.90. The van der Waals surface area contributed by atoms with Gasteiger partial charge in [0, 0.05) is 5.75 Å². The van der Waals surface area contributed by atoms with Gasteiger partial charge in [0.15, 0.2) is 0 Å². The number of carbonyl (C=O) groups is 1. The van der Waals surface area contributed by atoms with E-state index >= 15 is 0 Å². The van der Waals surface area contributed by atoms with E-state index in [-0.39, 0.29) is 5.75 Å². The van der Waals surface area contributed by atoms with Crippen LogP contribution in [0, 0.1) is 0 Å². The molecule has 0 aliphatic heterocycles. The molecule has 4 nitrogen and oxygen atoms in total. The Bertz CT molecular complexity index is 151. The average molecular weight is 177 g/mol. The summed E-state index contributed by atoms with van der Waals surface area (Å²) in [5.41, 5.74) is 0. The lowest BCUT2D eigenvalue weighted by atomic mass is 10.3. The molecule has 3 N–H and O–H groups in total. The Morgan fingerprint density at radius 1 is 1.82 bits per heavy atom. The largest absolute Gasteiger partial charge is 0.480 e. The van der Waals surface area contributed by atoms with Crippen molar-refractivity contribution in [2.45, 2.75) is 12.3 Å². The first-order valence-electron chi connectivity index (χ1n) is 3.02. The second kappa shape index (κ2) is 5.17. The van der Waals surface area contributed by atoms with Gasteiger partial charge < -0.3 is 10.2 Å². The van der Waals surface area contributed by atoms with Gasteiger partial charge in [-0.3, -0.25) is 10.1 Å². The predicted octanol–water partition coefficient (Wildman–Crippen LogP) is -0.537. The summed E-state index contributed by atoms with van der Waals surface area (Å²) in [5, 5.41) is 19.7. The Hall–Kier alpha value is -0.520. The number of nitrogens with one attached hydrogen (secondary N) is 1. The molecule has 5 heteroatoms. The van der Waals surface area contributed by atoms with Crippen molar-refractivity contribution in [2.75, 3.05) is 5.75 Å². The van der Waals surface area contributed by atoms with Crippen molar-refractivity contribution in [1.82, 2.24) is 5.32 Å². The van der Waals surface area contributed by atoms with Gasteiger partial charge >= 0.3 is 5.97 Å². The normalized spacial score (nSPS) is 15.5. The Kier molecular flexibility index (Phi) is 4.93. The minimum atomic E-state index is -1.04. The summed E-state index contributed by atoms with van der Waals surface area (Å²) in [6.07, 6.45) is 0.211. The lowest BCUT2D eigenvalue weighted by Crippen LogP contribution is -2.43. The van der Waals surface area contributed by atoms with E-state index in [4.69, 9.17) is 10.2 Å². The zero-order valence-electron chi connectivity index (χ0n) is 5.90. The molecule has 0 aromatic carbocycles. The molecule has 0 aromatic rings. The van der Waals surface area contributed by atoms with Crippen LogP contribution in [0.5, 0.6) is 0 Å². The number of carboxylic acids is 1. The molecule has 0 aromatic heterocycles. The summed E-state index contributed by atoms with van der Waals surface area (Å²) < 4.78 is 0. The Labute approximate surface area is 70.3 Å². The van der Waals surface area contributed by atoms with E-state index < -0.39 is 18.2 Å². The van der Waals surface area contributed by atoms with Crippen LogP contribution >= 0.6 is 12.6 Å². The summed E-state index contributed by atoms with van der Waals surface area (Å²) >= 11 is 3.78. The fourth-order valence-electron chi connectivity index (χ4n) is 0.476. The number of aliphatic hydroxyl groups is 1. The standard InChI is InChI=1S/C6H11NO3S/c1-2-5(8)7-4(3-11)6(9)10/h2,4-5,7-8,11H,1,3H2,(H,9,10). The number of thiol groups is 1. The molecule has 0 spiro atoms. The molecule has 0 aliphatic rings. The van der Waals surface area contributed by atoms with E-state index in [1.807, 2.05) is 0 Å². The lowest BCUT2D eigenvalue weighted by Gasteiger charge is -2.13. The molecule has 64 valence electrons. The SMILES string of the molecule is C=CC(O)NC(CS)C(=O)O. The number of hydrogen-bond acceptors (Lipinski definition) is 4. The predicted molar refractivity (Wildman–Crippen MR) is 44.6 cm³/mol. The van der Waals surface area contributed by atoms with Gasteiger partial charge in [-0.1, -0.05) is 6.58 Å². The van der Waals surface area contributed by atoms with E-state index in [9.17, 15) is 4.79 Å². The average Bonchev–Trinajstić information content (AvgIpc) is 1.99. The number of hydrogen-bond donors (Lipinski definition) is 4. The van der Waals surface area contributed by atoms with E-state index in [2.05, 4.69) is 24.5 Å². The quantitative estimate of drug-likeness (QED) is 0.259.